The van der Waals surface area contributed by atoms with Crippen molar-refractivity contribution in [2.45, 2.75) is 44.8 Å². The van der Waals surface area contributed by atoms with Crippen LogP contribution < -0.4 is 4.74 Å². The average molecular weight is 407 g/mol. The maximum absolute atomic E-state index is 12.7. The molecule has 0 aliphatic carbocycles. The van der Waals surface area contributed by atoms with Gasteiger partial charge in [-0.3, -0.25) is 14.5 Å². The van der Waals surface area contributed by atoms with Crippen LogP contribution in [0.3, 0.4) is 0 Å². The number of ether oxygens (including phenoxy) is 1. The Balaban J connectivity index is 1.32. The summed E-state index contributed by atoms with van der Waals surface area (Å²) < 4.78 is 6.16. The summed E-state index contributed by atoms with van der Waals surface area (Å²) in [6.45, 7) is 5.14. The highest BCUT2D eigenvalue weighted by Gasteiger charge is 2.31. The van der Waals surface area contributed by atoms with Crippen LogP contribution in [0.15, 0.2) is 54.6 Å². The molecule has 2 aliphatic heterocycles. The highest BCUT2D eigenvalue weighted by Crippen LogP contribution is 2.23. The van der Waals surface area contributed by atoms with E-state index in [-0.39, 0.29) is 17.8 Å². The number of rotatable bonds is 7. The number of hydrogen-bond acceptors (Lipinski definition) is 4. The molecule has 2 aliphatic rings. The van der Waals surface area contributed by atoms with Crippen molar-refractivity contribution in [1.29, 1.82) is 0 Å². The molecule has 2 aromatic rings. The van der Waals surface area contributed by atoms with Crippen molar-refractivity contribution >= 4 is 11.7 Å². The van der Waals surface area contributed by atoms with Crippen LogP contribution in [0.25, 0.3) is 0 Å². The van der Waals surface area contributed by atoms with Crippen LogP contribution in [0, 0.1) is 0 Å². The summed E-state index contributed by atoms with van der Waals surface area (Å²) in [5.41, 5.74) is 1.30. The van der Waals surface area contributed by atoms with Gasteiger partial charge >= 0.3 is 0 Å². The molecule has 2 aromatic carbocycles. The summed E-state index contributed by atoms with van der Waals surface area (Å²) in [7, 11) is 0. The Morgan fingerprint density at radius 1 is 1.00 bits per heavy atom. The summed E-state index contributed by atoms with van der Waals surface area (Å²) in [6, 6.07) is 17.1. The van der Waals surface area contributed by atoms with Gasteiger partial charge in [0.2, 0.25) is 5.91 Å². The van der Waals surface area contributed by atoms with Crippen LogP contribution >= 0.6 is 0 Å². The van der Waals surface area contributed by atoms with Crippen LogP contribution in [0.1, 0.15) is 48.5 Å². The van der Waals surface area contributed by atoms with Gasteiger partial charge in [0.25, 0.3) is 0 Å². The van der Waals surface area contributed by atoms with Crippen LogP contribution in [-0.2, 0) is 4.79 Å². The van der Waals surface area contributed by atoms with Gasteiger partial charge in [-0.1, -0.05) is 49.4 Å². The van der Waals surface area contributed by atoms with E-state index in [1.807, 2.05) is 54.6 Å². The molecule has 0 aromatic heterocycles. The molecule has 0 radical (unpaired) electrons. The van der Waals surface area contributed by atoms with Crippen LogP contribution in [0.4, 0.5) is 0 Å². The monoisotopic (exact) mass is 406 g/mol. The summed E-state index contributed by atoms with van der Waals surface area (Å²) in [5, 5.41) is 0. The molecule has 2 atom stereocenters. The first-order valence-corrected chi connectivity index (χ1v) is 11.0. The Hall–Kier alpha value is -2.66. The van der Waals surface area contributed by atoms with Crippen LogP contribution in [-0.4, -0.2) is 59.8 Å². The molecule has 0 spiro atoms. The van der Waals surface area contributed by atoms with E-state index in [0.717, 1.165) is 45.3 Å². The minimum atomic E-state index is -0.00390. The van der Waals surface area contributed by atoms with Gasteiger partial charge in [0, 0.05) is 36.8 Å². The van der Waals surface area contributed by atoms with E-state index in [4.69, 9.17) is 4.74 Å². The van der Waals surface area contributed by atoms with E-state index in [9.17, 15) is 9.59 Å². The molecular weight excluding hydrogens is 376 g/mol. The Morgan fingerprint density at radius 2 is 1.80 bits per heavy atom. The topological polar surface area (TPSA) is 49.9 Å². The average Bonchev–Trinajstić information content (AvgIpc) is 3.43. The first kappa shape index (κ1) is 20.6. The molecule has 5 nitrogen and oxygen atoms in total. The lowest BCUT2D eigenvalue weighted by molar-refractivity contribution is -0.133. The Kier molecular flexibility index (Phi) is 6.48. The predicted octanol–water partition coefficient (Wildman–Crippen LogP) is 3.77. The number of likely N-dealkylation sites (tertiary alicyclic amines) is 2. The second kappa shape index (κ2) is 9.43. The van der Waals surface area contributed by atoms with E-state index in [2.05, 4.69) is 16.7 Å². The number of carbonyl (C=O) groups is 2. The van der Waals surface area contributed by atoms with Gasteiger partial charge in [0.1, 0.15) is 11.9 Å². The molecule has 0 unspecified atom stereocenters. The van der Waals surface area contributed by atoms with Gasteiger partial charge in [0.05, 0.1) is 6.54 Å². The predicted molar refractivity (Wildman–Crippen MR) is 117 cm³/mol. The Morgan fingerprint density at radius 3 is 2.60 bits per heavy atom. The molecule has 0 N–H and O–H groups in total. The van der Waals surface area contributed by atoms with Crippen molar-refractivity contribution < 1.29 is 14.3 Å². The van der Waals surface area contributed by atoms with E-state index < -0.39 is 0 Å². The van der Waals surface area contributed by atoms with Crippen molar-refractivity contribution in [3.63, 3.8) is 0 Å². The SMILES string of the molecule is CC[C@@H]1CCCN1C(=O)CN1CC[C@H](Oc2cccc(C(=O)c3ccccc3)c2)C1. The number of ketones is 1. The Bertz CT molecular complexity index is 883. The first-order chi connectivity index (χ1) is 14.6. The molecule has 2 heterocycles. The number of nitrogens with zero attached hydrogens (tertiary/aromatic N) is 2. The fourth-order valence-electron chi connectivity index (χ4n) is 4.57. The highest BCUT2D eigenvalue weighted by atomic mass is 16.5. The molecule has 0 saturated carbocycles. The molecule has 5 heteroatoms. The molecule has 1 amide bonds. The molecule has 4 rings (SSSR count). The summed E-state index contributed by atoms with van der Waals surface area (Å²) in [5.74, 6) is 0.951. The fraction of sp³-hybridized carbons (Fsp3) is 0.440. The van der Waals surface area contributed by atoms with E-state index in [1.165, 1.54) is 0 Å². The zero-order valence-corrected chi connectivity index (χ0v) is 17.6. The van der Waals surface area contributed by atoms with Crippen molar-refractivity contribution in [3.05, 3.63) is 65.7 Å². The normalized spacial score (nSPS) is 21.7. The van der Waals surface area contributed by atoms with Gasteiger partial charge in [-0.05, 0) is 37.8 Å². The third kappa shape index (κ3) is 4.73. The third-order valence-electron chi connectivity index (χ3n) is 6.19. The quantitative estimate of drug-likeness (QED) is 0.657. The lowest BCUT2D eigenvalue weighted by atomic mass is 10.0. The van der Waals surface area contributed by atoms with Crippen molar-refractivity contribution in [2.75, 3.05) is 26.2 Å². The zero-order valence-electron chi connectivity index (χ0n) is 17.6. The molecule has 2 saturated heterocycles. The zero-order chi connectivity index (χ0) is 20.9. The van der Waals surface area contributed by atoms with Crippen molar-refractivity contribution in [3.8, 4) is 5.75 Å². The third-order valence-corrected chi connectivity index (χ3v) is 6.19. The summed E-state index contributed by atoms with van der Waals surface area (Å²) in [6.07, 6.45) is 4.22. The maximum atomic E-state index is 12.7. The molecule has 0 bridgehead atoms. The summed E-state index contributed by atoms with van der Waals surface area (Å²) >= 11 is 0. The van der Waals surface area contributed by atoms with E-state index >= 15 is 0 Å². The maximum Gasteiger partial charge on any atom is 0.236 e. The standard InChI is InChI=1S/C25H30N2O3/c1-2-21-11-7-14-27(21)24(28)18-26-15-13-23(17-26)30-22-12-6-10-20(16-22)25(29)19-8-4-3-5-9-19/h3-6,8-10,12,16,21,23H,2,7,11,13-15,17-18H2,1H3/t21-,23+/m1/s1. The van der Waals surface area contributed by atoms with E-state index in [1.54, 1.807) is 0 Å². The van der Waals surface area contributed by atoms with Gasteiger partial charge in [0.15, 0.2) is 5.78 Å². The Labute approximate surface area is 178 Å². The smallest absolute Gasteiger partial charge is 0.236 e. The lowest BCUT2D eigenvalue weighted by Crippen LogP contribution is -2.42. The lowest BCUT2D eigenvalue weighted by Gasteiger charge is -2.26. The second-order valence-corrected chi connectivity index (χ2v) is 8.28. The number of carbonyl (C=O) groups excluding carboxylic acids is 2. The molecule has 158 valence electrons. The number of benzene rings is 2. The van der Waals surface area contributed by atoms with Gasteiger partial charge in [-0.2, -0.15) is 0 Å². The number of amides is 1. The minimum absolute atomic E-state index is 0.00390. The largest absolute Gasteiger partial charge is 0.489 e. The molecule has 2 fully saturated rings. The number of hydrogen-bond donors (Lipinski definition) is 0. The van der Waals surface area contributed by atoms with Crippen molar-refractivity contribution in [2.24, 2.45) is 0 Å². The fourth-order valence-corrected chi connectivity index (χ4v) is 4.57. The van der Waals surface area contributed by atoms with Gasteiger partial charge < -0.3 is 9.64 Å². The first-order valence-electron chi connectivity index (χ1n) is 11.0. The highest BCUT2D eigenvalue weighted by molar-refractivity contribution is 6.09. The van der Waals surface area contributed by atoms with Crippen LogP contribution in [0.2, 0.25) is 0 Å². The van der Waals surface area contributed by atoms with Gasteiger partial charge in [-0.25, -0.2) is 0 Å². The summed E-state index contributed by atoms with van der Waals surface area (Å²) in [4.78, 5) is 29.6. The molecular formula is C25H30N2O3. The van der Waals surface area contributed by atoms with Gasteiger partial charge in [-0.15, -0.1) is 0 Å². The molecule has 30 heavy (non-hydrogen) atoms. The van der Waals surface area contributed by atoms with E-state index in [0.29, 0.717) is 29.5 Å². The second-order valence-electron chi connectivity index (χ2n) is 8.28. The van der Waals surface area contributed by atoms with Crippen molar-refractivity contribution in [1.82, 2.24) is 9.80 Å². The minimum Gasteiger partial charge on any atom is -0.489 e. The van der Waals surface area contributed by atoms with Crippen LogP contribution in [0.5, 0.6) is 5.75 Å².